The number of likely N-dealkylation sites (tertiary alicyclic amines) is 1. The molecule has 2 atom stereocenters. The molecule has 70 valence electrons. The Balaban J connectivity index is 2.13. The van der Waals surface area contributed by atoms with Crippen LogP contribution in [0.1, 0.15) is 0 Å². The van der Waals surface area contributed by atoms with E-state index in [9.17, 15) is 9.59 Å². The van der Waals surface area contributed by atoms with Crippen LogP contribution in [0.2, 0.25) is 0 Å². The summed E-state index contributed by atoms with van der Waals surface area (Å²) in [7, 11) is 0. The molecule has 1 amide bonds. The van der Waals surface area contributed by atoms with Crippen molar-refractivity contribution in [3.8, 4) is 0 Å². The third kappa shape index (κ3) is 1.07. The van der Waals surface area contributed by atoms with E-state index in [1.165, 1.54) is 4.90 Å². The van der Waals surface area contributed by atoms with Crippen LogP contribution in [0.5, 0.6) is 0 Å². The molecule has 2 saturated heterocycles. The summed E-state index contributed by atoms with van der Waals surface area (Å²) in [5.74, 6) is -0.524. The van der Waals surface area contributed by atoms with Crippen LogP contribution < -0.4 is 0 Å². The van der Waals surface area contributed by atoms with Crippen LogP contribution in [-0.2, 0) is 9.53 Å². The third-order valence-electron chi connectivity index (χ3n) is 2.50. The highest BCUT2D eigenvalue weighted by Gasteiger charge is 2.46. The lowest BCUT2D eigenvalue weighted by atomic mass is 10.0. The lowest BCUT2D eigenvalue weighted by Gasteiger charge is -2.11. The van der Waals surface area contributed by atoms with Crippen LogP contribution in [0.15, 0.2) is 12.2 Å². The topological polar surface area (TPSA) is 66.8 Å². The number of carbonyl (C=O) groups is 2. The number of hydrogen-bond donors (Lipinski definition) is 1. The minimum Gasteiger partial charge on any atom is -0.465 e. The minimum absolute atomic E-state index is 0.136. The highest BCUT2D eigenvalue weighted by molar-refractivity contribution is 5.91. The molecule has 0 bridgehead atoms. The quantitative estimate of drug-likeness (QED) is 0.426. The monoisotopic (exact) mass is 183 g/mol. The third-order valence-corrected chi connectivity index (χ3v) is 2.50. The Bertz CT molecular complexity index is 299. The molecule has 0 aliphatic carbocycles. The average molecular weight is 183 g/mol. The number of esters is 1. The van der Waals surface area contributed by atoms with E-state index in [-0.39, 0.29) is 24.5 Å². The first kappa shape index (κ1) is 8.10. The van der Waals surface area contributed by atoms with Gasteiger partial charge in [-0.1, -0.05) is 6.58 Å². The van der Waals surface area contributed by atoms with Crippen LogP contribution in [0.25, 0.3) is 0 Å². The van der Waals surface area contributed by atoms with Crippen molar-refractivity contribution in [3.63, 3.8) is 0 Å². The van der Waals surface area contributed by atoms with Crippen LogP contribution in [0, 0.1) is 5.92 Å². The van der Waals surface area contributed by atoms with Crippen molar-refractivity contribution in [3.05, 3.63) is 12.2 Å². The molecule has 0 spiro atoms. The highest BCUT2D eigenvalue weighted by atomic mass is 16.6. The summed E-state index contributed by atoms with van der Waals surface area (Å²) in [6.07, 6.45) is -1.28. The van der Waals surface area contributed by atoms with Gasteiger partial charge in [0.05, 0.1) is 6.54 Å². The predicted molar refractivity (Wildman–Crippen MR) is 42.1 cm³/mol. The number of hydrogen-bond acceptors (Lipinski definition) is 3. The van der Waals surface area contributed by atoms with Gasteiger partial charge in [-0.2, -0.15) is 0 Å². The van der Waals surface area contributed by atoms with Gasteiger partial charge < -0.3 is 14.7 Å². The van der Waals surface area contributed by atoms with Gasteiger partial charge in [-0.25, -0.2) is 9.59 Å². The summed E-state index contributed by atoms with van der Waals surface area (Å²) in [6, 6.07) is 0. The van der Waals surface area contributed by atoms with E-state index < -0.39 is 6.09 Å². The molecular formula is C8H9NO4. The van der Waals surface area contributed by atoms with Crippen molar-refractivity contribution in [1.29, 1.82) is 0 Å². The second-order valence-electron chi connectivity index (χ2n) is 3.26. The number of carbonyl (C=O) groups excluding carboxylic acids is 1. The van der Waals surface area contributed by atoms with E-state index in [4.69, 9.17) is 9.84 Å². The Kier molecular flexibility index (Phi) is 1.55. The lowest BCUT2D eigenvalue weighted by molar-refractivity contribution is -0.138. The van der Waals surface area contributed by atoms with E-state index in [1.807, 2.05) is 0 Å². The molecule has 5 heteroatoms. The van der Waals surface area contributed by atoms with Crippen molar-refractivity contribution in [2.75, 3.05) is 13.1 Å². The maximum atomic E-state index is 11.0. The van der Waals surface area contributed by atoms with Gasteiger partial charge in [0.2, 0.25) is 0 Å². The molecule has 0 radical (unpaired) electrons. The molecule has 0 aromatic rings. The zero-order valence-electron chi connectivity index (χ0n) is 6.90. The van der Waals surface area contributed by atoms with Crippen LogP contribution in [-0.4, -0.2) is 41.3 Å². The first-order valence-electron chi connectivity index (χ1n) is 3.97. The Morgan fingerprint density at radius 3 is 2.85 bits per heavy atom. The predicted octanol–water partition coefficient (Wildman–Crippen LogP) is 0.0778. The molecule has 2 fully saturated rings. The molecule has 2 rings (SSSR count). The van der Waals surface area contributed by atoms with E-state index in [0.29, 0.717) is 12.1 Å². The maximum Gasteiger partial charge on any atom is 0.407 e. The molecule has 2 heterocycles. The van der Waals surface area contributed by atoms with Crippen molar-refractivity contribution in [2.24, 2.45) is 5.92 Å². The van der Waals surface area contributed by atoms with Crippen molar-refractivity contribution < 1.29 is 19.4 Å². The van der Waals surface area contributed by atoms with Gasteiger partial charge in [-0.05, 0) is 0 Å². The molecule has 13 heavy (non-hydrogen) atoms. The van der Waals surface area contributed by atoms with Crippen molar-refractivity contribution in [1.82, 2.24) is 4.90 Å². The Hall–Kier alpha value is -1.52. The summed E-state index contributed by atoms with van der Waals surface area (Å²) in [5, 5.41) is 8.68. The first-order chi connectivity index (χ1) is 6.09. The smallest absolute Gasteiger partial charge is 0.407 e. The van der Waals surface area contributed by atoms with Crippen molar-refractivity contribution >= 4 is 12.1 Å². The van der Waals surface area contributed by atoms with E-state index >= 15 is 0 Å². The summed E-state index contributed by atoms with van der Waals surface area (Å²) in [5.41, 5.74) is 0.397. The molecule has 2 aliphatic heterocycles. The zero-order valence-corrected chi connectivity index (χ0v) is 6.90. The molecule has 0 aromatic heterocycles. The van der Waals surface area contributed by atoms with E-state index in [2.05, 4.69) is 6.58 Å². The number of fused-ring (bicyclic) bond motifs is 1. The highest BCUT2D eigenvalue weighted by Crippen LogP contribution is 2.32. The van der Waals surface area contributed by atoms with Crippen LogP contribution >= 0.6 is 0 Å². The molecule has 0 saturated carbocycles. The molecule has 5 nitrogen and oxygen atoms in total. The fourth-order valence-electron chi connectivity index (χ4n) is 1.75. The first-order valence-corrected chi connectivity index (χ1v) is 3.97. The number of ether oxygens (including phenoxy) is 1. The van der Waals surface area contributed by atoms with Gasteiger partial charge in [-0.15, -0.1) is 0 Å². The average Bonchev–Trinajstić information content (AvgIpc) is 2.55. The number of amides is 1. The van der Waals surface area contributed by atoms with Gasteiger partial charge in [0, 0.05) is 18.0 Å². The summed E-state index contributed by atoms with van der Waals surface area (Å²) in [4.78, 5) is 22.8. The molecule has 2 aliphatic rings. The Morgan fingerprint density at radius 1 is 1.62 bits per heavy atom. The van der Waals surface area contributed by atoms with Crippen molar-refractivity contribution in [2.45, 2.75) is 6.10 Å². The SMILES string of the molecule is C=C1C(=O)OC2CN(C(=O)O)CC12. The number of rotatable bonds is 0. The van der Waals surface area contributed by atoms with Crippen LogP contribution in [0.3, 0.4) is 0 Å². The number of carboxylic acid groups (broad SMARTS) is 1. The van der Waals surface area contributed by atoms with Gasteiger partial charge in [-0.3, -0.25) is 0 Å². The summed E-state index contributed by atoms with van der Waals surface area (Å²) in [6.45, 7) is 4.17. The Labute approximate surface area is 74.6 Å². The summed E-state index contributed by atoms with van der Waals surface area (Å²) >= 11 is 0. The van der Waals surface area contributed by atoms with Gasteiger partial charge >= 0.3 is 12.1 Å². The second-order valence-corrected chi connectivity index (χ2v) is 3.26. The fourth-order valence-corrected chi connectivity index (χ4v) is 1.75. The standard InChI is InChI=1S/C8H9NO4/c1-4-5-2-9(8(11)12)3-6(5)13-7(4)10/h5-6H,1-3H2,(H,11,12). The minimum atomic E-state index is -0.974. The van der Waals surface area contributed by atoms with E-state index in [1.54, 1.807) is 0 Å². The van der Waals surface area contributed by atoms with Crippen LogP contribution in [0.4, 0.5) is 4.79 Å². The Morgan fingerprint density at radius 2 is 2.31 bits per heavy atom. The molecule has 2 unspecified atom stereocenters. The normalized spacial score (nSPS) is 31.8. The molecule has 1 N–H and O–H groups in total. The zero-order chi connectivity index (χ0) is 9.59. The fraction of sp³-hybridized carbons (Fsp3) is 0.500. The molecule has 0 aromatic carbocycles. The summed E-state index contributed by atoms with van der Waals surface area (Å²) < 4.78 is 4.93. The maximum absolute atomic E-state index is 11.0. The largest absolute Gasteiger partial charge is 0.465 e. The van der Waals surface area contributed by atoms with E-state index in [0.717, 1.165) is 0 Å². The lowest BCUT2D eigenvalue weighted by Crippen LogP contribution is -2.29. The van der Waals surface area contributed by atoms with Gasteiger partial charge in [0.25, 0.3) is 0 Å². The van der Waals surface area contributed by atoms with Gasteiger partial charge in [0.15, 0.2) is 0 Å². The number of nitrogens with zero attached hydrogens (tertiary/aromatic N) is 1. The molecular weight excluding hydrogens is 174 g/mol. The van der Waals surface area contributed by atoms with Gasteiger partial charge in [0.1, 0.15) is 6.10 Å². The second kappa shape index (κ2) is 2.48.